The van der Waals surface area contributed by atoms with Crippen LogP contribution in [-0.4, -0.2) is 36.1 Å². The highest BCUT2D eigenvalue weighted by Crippen LogP contribution is 2.27. The number of methoxy groups -OCH3 is 1. The summed E-state index contributed by atoms with van der Waals surface area (Å²) in [5.74, 6) is -0.135. The predicted octanol–water partition coefficient (Wildman–Crippen LogP) is 2.80. The lowest BCUT2D eigenvalue weighted by atomic mass is 10.1. The molecule has 164 valence electrons. The molecule has 1 heterocycles. The van der Waals surface area contributed by atoms with Crippen molar-refractivity contribution in [2.75, 3.05) is 12.0 Å². The maximum Gasteiger partial charge on any atom is 0.254 e. The van der Waals surface area contributed by atoms with Gasteiger partial charge >= 0.3 is 0 Å². The van der Waals surface area contributed by atoms with Crippen molar-refractivity contribution in [2.45, 2.75) is 44.7 Å². The van der Waals surface area contributed by atoms with Crippen LogP contribution >= 0.6 is 0 Å². The molecule has 8 nitrogen and oxygen atoms in total. The van der Waals surface area contributed by atoms with Gasteiger partial charge < -0.3 is 15.0 Å². The first kappa shape index (κ1) is 22.3. The molecule has 8 heteroatoms. The molecular formula is C23H27N3O5. The van der Waals surface area contributed by atoms with Crippen LogP contribution in [0.2, 0.25) is 0 Å². The molecule has 1 aliphatic heterocycles. The van der Waals surface area contributed by atoms with Gasteiger partial charge in [-0.25, -0.2) is 5.48 Å². The van der Waals surface area contributed by atoms with Crippen LogP contribution < -0.4 is 20.4 Å². The van der Waals surface area contributed by atoms with Gasteiger partial charge in [0.1, 0.15) is 11.8 Å². The minimum atomic E-state index is -0.648. The second-order valence-electron chi connectivity index (χ2n) is 7.45. The summed E-state index contributed by atoms with van der Waals surface area (Å²) < 4.78 is 5.20. The standard InChI is InChI=1S/C23H27N3O5/c1-31-17-13-11-16(12-14-17)15-26-20-9-6-5-7-18(20)22(28)24-19(23(26)29)8-3-2-4-10-21(27)25-30/h5-7,9,11-14,19,30H,2-4,8,10,15H2,1H3,(H,24,28)(H,25,27). The molecule has 1 atom stereocenters. The van der Waals surface area contributed by atoms with Gasteiger partial charge in [0.05, 0.1) is 24.9 Å². The lowest BCUT2D eigenvalue weighted by molar-refractivity contribution is -0.129. The minimum absolute atomic E-state index is 0.165. The number of hydrogen-bond donors (Lipinski definition) is 3. The third kappa shape index (κ3) is 5.61. The Morgan fingerprint density at radius 3 is 2.55 bits per heavy atom. The number of ether oxygens (including phenoxy) is 1. The van der Waals surface area contributed by atoms with Crippen molar-refractivity contribution < 1.29 is 24.3 Å². The lowest BCUT2D eigenvalue weighted by Gasteiger charge is -2.25. The summed E-state index contributed by atoms with van der Waals surface area (Å²) in [5, 5.41) is 11.4. The van der Waals surface area contributed by atoms with E-state index in [1.54, 1.807) is 35.7 Å². The fraction of sp³-hybridized carbons (Fsp3) is 0.348. The first-order valence-electron chi connectivity index (χ1n) is 10.3. The zero-order valence-electron chi connectivity index (χ0n) is 17.5. The summed E-state index contributed by atoms with van der Waals surface area (Å²) in [5.41, 5.74) is 3.58. The van der Waals surface area contributed by atoms with Gasteiger partial charge in [0.25, 0.3) is 5.91 Å². The molecule has 0 aliphatic carbocycles. The topological polar surface area (TPSA) is 108 Å². The Balaban J connectivity index is 1.75. The van der Waals surface area contributed by atoms with E-state index < -0.39 is 11.9 Å². The number of hydroxylamine groups is 1. The summed E-state index contributed by atoms with van der Waals surface area (Å²) in [6, 6.07) is 13.9. The molecular weight excluding hydrogens is 398 g/mol. The van der Waals surface area contributed by atoms with E-state index in [-0.39, 0.29) is 18.2 Å². The molecule has 0 aromatic heterocycles. The van der Waals surface area contributed by atoms with Crippen LogP contribution in [0.15, 0.2) is 48.5 Å². The highest BCUT2D eigenvalue weighted by molar-refractivity contribution is 6.10. The minimum Gasteiger partial charge on any atom is -0.497 e. The number of unbranched alkanes of at least 4 members (excludes halogenated alkanes) is 2. The maximum absolute atomic E-state index is 13.4. The van der Waals surface area contributed by atoms with Crippen LogP contribution in [0.1, 0.15) is 48.0 Å². The van der Waals surface area contributed by atoms with Crippen LogP contribution in [0.3, 0.4) is 0 Å². The summed E-state index contributed by atoms with van der Waals surface area (Å²) in [7, 11) is 1.60. The molecule has 0 saturated carbocycles. The molecule has 2 aromatic rings. The number of anilines is 1. The Morgan fingerprint density at radius 2 is 1.84 bits per heavy atom. The number of nitrogens with zero attached hydrogens (tertiary/aromatic N) is 1. The third-order valence-electron chi connectivity index (χ3n) is 5.33. The number of nitrogens with one attached hydrogen (secondary N) is 2. The molecule has 3 rings (SSSR count). The third-order valence-corrected chi connectivity index (χ3v) is 5.33. The molecule has 3 N–H and O–H groups in total. The smallest absolute Gasteiger partial charge is 0.254 e. The van der Waals surface area contributed by atoms with Crippen LogP contribution in [0, 0.1) is 0 Å². The second-order valence-corrected chi connectivity index (χ2v) is 7.45. The number of carbonyl (C=O) groups excluding carboxylic acids is 3. The van der Waals surface area contributed by atoms with Crippen LogP contribution in [0.4, 0.5) is 5.69 Å². The predicted molar refractivity (Wildman–Crippen MR) is 115 cm³/mol. The Bertz CT molecular complexity index is 929. The largest absolute Gasteiger partial charge is 0.497 e. The van der Waals surface area contributed by atoms with Crippen molar-refractivity contribution >= 4 is 23.4 Å². The summed E-state index contributed by atoms with van der Waals surface area (Å²) in [4.78, 5) is 38.9. The molecule has 0 saturated heterocycles. The van der Waals surface area contributed by atoms with Gasteiger partial charge in [0, 0.05) is 6.42 Å². The zero-order valence-corrected chi connectivity index (χ0v) is 17.5. The first-order chi connectivity index (χ1) is 15.0. The summed E-state index contributed by atoms with van der Waals surface area (Å²) in [6.07, 6.45) is 2.66. The number of hydrogen-bond acceptors (Lipinski definition) is 5. The molecule has 1 aliphatic rings. The van der Waals surface area contributed by atoms with Crippen molar-refractivity contribution in [3.05, 3.63) is 59.7 Å². The fourth-order valence-corrected chi connectivity index (χ4v) is 3.64. The highest BCUT2D eigenvalue weighted by atomic mass is 16.5. The number of para-hydroxylation sites is 1. The van der Waals surface area contributed by atoms with E-state index in [0.717, 1.165) is 11.3 Å². The Morgan fingerprint density at radius 1 is 1.10 bits per heavy atom. The van der Waals surface area contributed by atoms with Gasteiger partial charge in [-0.1, -0.05) is 37.1 Å². The van der Waals surface area contributed by atoms with Crippen LogP contribution in [0.5, 0.6) is 5.75 Å². The van der Waals surface area contributed by atoms with E-state index >= 15 is 0 Å². The number of rotatable bonds is 9. The maximum atomic E-state index is 13.4. The molecule has 0 radical (unpaired) electrons. The van der Waals surface area contributed by atoms with E-state index in [1.807, 2.05) is 30.3 Å². The number of carbonyl (C=O) groups is 3. The van der Waals surface area contributed by atoms with E-state index in [9.17, 15) is 14.4 Å². The fourth-order valence-electron chi connectivity index (χ4n) is 3.64. The van der Waals surface area contributed by atoms with Gasteiger partial charge in [0.15, 0.2) is 0 Å². The van der Waals surface area contributed by atoms with Crippen molar-refractivity contribution in [1.29, 1.82) is 0 Å². The van der Waals surface area contributed by atoms with Crippen molar-refractivity contribution in [2.24, 2.45) is 0 Å². The SMILES string of the molecule is COc1ccc(CN2C(=O)C(CCCCCC(=O)NO)NC(=O)c3ccccc32)cc1. The van der Waals surface area contributed by atoms with E-state index in [1.165, 1.54) is 0 Å². The average Bonchev–Trinajstić information content (AvgIpc) is 2.89. The van der Waals surface area contributed by atoms with Gasteiger partial charge in [-0.3, -0.25) is 19.6 Å². The molecule has 1 unspecified atom stereocenters. The Labute approximate surface area is 181 Å². The zero-order chi connectivity index (χ0) is 22.2. The monoisotopic (exact) mass is 425 g/mol. The molecule has 2 aromatic carbocycles. The molecule has 0 spiro atoms. The number of benzene rings is 2. The lowest BCUT2D eigenvalue weighted by Crippen LogP contribution is -2.45. The van der Waals surface area contributed by atoms with E-state index in [4.69, 9.17) is 9.94 Å². The quantitative estimate of drug-likeness (QED) is 0.325. The first-order valence-corrected chi connectivity index (χ1v) is 10.3. The van der Waals surface area contributed by atoms with Crippen LogP contribution in [0.25, 0.3) is 0 Å². The van der Waals surface area contributed by atoms with Crippen molar-refractivity contribution in [3.63, 3.8) is 0 Å². The van der Waals surface area contributed by atoms with Crippen molar-refractivity contribution in [3.8, 4) is 5.75 Å². The van der Waals surface area contributed by atoms with E-state index in [0.29, 0.717) is 43.5 Å². The Kier molecular flexibility index (Phi) is 7.61. The van der Waals surface area contributed by atoms with Crippen molar-refractivity contribution in [1.82, 2.24) is 10.8 Å². The molecule has 31 heavy (non-hydrogen) atoms. The number of amides is 3. The summed E-state index contributed by atoms with van der Waals surface area (Å²) >= 11 is 0. The average molecular weight is 425 g/mol. The molecule has 3 amide bonds. The molecule has 0 fully saturated rings. The highest BCUT2D eigenvalue weighted by Gasteiger charge is 2.33. The Hall–Kier alpha value is -3.39. The number of fused-ring (bicyclic) bond motifs is 1. The molecule has 0 bridgehead atoms. The van der Waals surface area contributed by atoms with E-state index in [2.05, 4.69) is 5.32 Å². The van der Waals surface area contributed by atoms with Gasteiger partial charge in [-0.15, -0.1) is 0 Å². The second kappa shape index (κ2) is 10.6. The van der Waals surface area contributed by atoms with Gasteiger partial charge in [0.2, 0.25) is 11.8 Å². The summed E-state index contributed by atoms with van der Waals surface area (Å²) in [6.45, 7) is 0.335. The van der Waals surface area contributed by atoms with Gasteiger partial charge in [-0.05, 0) is 42.7 Å². The van der Waals surface area contributed by atoms with Gasteiger partial charge in [-0.2, -0.15) is 0 Å². The normalized spacial score (nSPS) is 15.7. The van der Waals surface area contributed by atoms with Crippen LogP contribution in [-0.2, 0) is 16.1 Å².